The van der Waals surface area contributed by atoms with Gasteiger partial charge in [0.05, 0.1) is 34.5 Å². The Morgan fingerprint density at radius 1 is 1.13 bits per heavy atom. The number of aryl methyl sites for hydroxylation is 1. The van der Waals surface area contributed by atoms with Gasteiger partial charge in [0, 0.05) is 25.5 Å². The molecule has 10 nitrogen and oxygen atoms in total. The summed E-state index contributed by atoms with van der Waals surface area (Å²) in [6.45, 7) is 2.88. The van der Waals surface area contributed by atoms with Crippen molar-refractivity contribution < 1.29 is 35.9 Å². The van der Waals surface area contributed by atoms with Gasteiger partial charge in [-0.1, -0.05) is 0 Å². The molecule has 16 heteroatoms. The van der Waals surface area contributed by atoms with Crippen LogP contribution < -0.4 is 10.9 Å². The van der Waals surface area contributed by atoms with Crippen LogP contribution in [-0.2, 0) is 10.9 Å². The van der Waals surface area contributed by atoms with Crippen LogP contribution in [0.3, 0.4) is 0 Å². The summed E-state index contributed by atoms with van der Waals surface area (Å²) in [5, 5.41) is 2.67. The van der Waals surface area contributed by atoms with Gasteiger partial charge in [-0.15, -0.1) is 13.2 Å². The molecular formula is C22H21F6N7O3. The Bertz CT molecular complexity index is 1380. The van der Waals surface area contributed by atoms with Gasteiger partial charge in [-0.2, -0.15) is 13.2 Å². The number of hydrogen-bond acceptors (Lipinski definition) is 8. The number of pyridine rings is 1. The summed E-state index contributed by atoms with van der Waals surface area (Å²) >= 11 is 0. The molecule has 1 amide bonds. The lowest BCUT2D eigenvalue weighted by Gasteiger charge is -2.32. The highest BCUT2D eigenvalue weighted by atomic mass is 19.4. The molecule has 1 atom stereocenters. The van der Waals surface area contributed by atoms with Crippen LogP contribution in [0.5, 0.6) is 0 Å². The monoisotopic (exact) mass is 545 g/mol. The molecule has 2 N–H and O–H groups in total. The predicted molar refractivity (Wildman–Crippen MR) is 120 cm³/mol. The van der Waals surface area contributed by atoms with Gasteiger partial charge in [-0.05, 0) is 32.8 Å². The molecule has 4 heterocycles. The van der Waals surface area contributed by atoms with Crippen LogP contribution in [0.1, 0.15) is 53.2 Å². The number of ether oxygens (including phenoxy) is 1. The molecule has 1 aliphatic heterocycles. The third-order valence-electron chi connectivity index (χ3n) is 5.82. The predicted octanol–water partition coefficient (Wildman–Crippen LogP) is 3.75. The quantitative estimate of drug-likeness (QED) is 0.465. The number of aromatic nitrogens is 5. The van der Waals surface area contributed by atoms with Gasteiger partial charge in [0.1, 0.15) is 5.82 Å². The molecule has 3 aromatic heterocycles. The van der Waals surface area contributed by atoms with Crippen LogP contribution >= 0.6 is 0 Å². The van der Waals surface area contributed by atoms with Gasteiger partial charge in [0.15, 0.2) is 5.52 Å². The average molecular weight is 545 g/mol. The van der Waals surface area contributed by atoms with Crippen molar-refractivity contribution in [3.8, 4) is 0 Å². The lowest BCUT2D eigenvalue weighted by Crippen LogP contribution is -2.42. The first-order valence-electron chi connectivity index (χ1n) is 11.3. The Hall–Kier alpha value is -3.82. The van der Waals surface area contributed by atoms with E-state index in [0.717, 1.165) is 18.5 Å². The van der Waals surface area contributed by atoms with E-state index < -0.39 is 47.4 Å². The second-order valence-corrected chi connectivity index (χ2v) is 8.65. The SMILES string of the molecule is Cc1nc2cc(C(F)(F)F)c([C@H](C)Nc3ncc(C(=O)N4CCC(OC(F)(F)F)CC4)cn3)nc2c(=O)[nH]1. The standard InChI is InChI=1S/C22H21F6N7O3/c1-10(16-14(21(23,24)25)7-15-17(34-16)18(36)33-11(2)32-15)31-20-29-8-12(9-30-20)19(37)35-5-3-13(4-6-35)38-22(26,27)28/h7-10,13H,3-6H2,1-2H3,(H,29,30,31)(H,32,33,36)/t10-/m0/s1. The lowest BCUT2D eigenvalue weighted by molar-refractivity contribution is -0.345. The van der Waals surface area contributed by atoms with Gasteiger partial charge in [-0.3, -0.25) is 14.3 Å². The number of carbonyl (C=O) groups excluding carboxylic acids is 1. The van der Waals surface area contributed by atoms with Crippen LogP contribution in [0.15, 0.2) is 23.3 Å². The number of halogens is 6. The zero-order valence-electron chi connectivity index (χ0n) is 19.9. The summed E-state index contributed by atoms with van der Waals surface area (Å²) in [6.07, 6.45) is -8.27. The first-order valence-corrected chi connectivity index (χ1v) is 11.3. The summed E-state index contributed by atoms with van der Waals surface area (Å²) in [7, 11) is 0. The number of likely N-dealkylation sites (tertiary alicyclic amines) is 1. The topological polar surface area (TPSA) is 126 Å². The molecule has 38 heavy (non-hydrogen) atoms. The maximum atomic E-state index is 13.8. The Kier molecular flexibility index (Phi) is 7.27. The Morgan fingerprint density at radius 2 is 1.76 bits per heavy atom. The number of amides is 1. The molecule has 0 saturated carbocycles. The summed E-state index contributed by atoms with van der Waals surface area (Å²) in [5.74, 6) is -0.483. The van der Waals surface area contributed by atoms with E-state index in [1.807, 2.05) is 0 Å². The van der Waals surface area contributed by atoms with Crippen LogP contribution in [0.2, 0.25) is 0 Å². The van der Waals surface area contributed by atoms with Gasteiger partial charge < -0.3 is 15.2 Å². The van der Waals surface area contributed by atoms with E-state index in [4.69, 9.17) is 0 Å². The van der Waals surface area contributed by atoms with Gasteiger partial charge in [0.25, 0.3) is 11.5 Å². The van der Waals surface area contributed by atoms with E-state index in [-0.39, 0.29) is 54.3 Å². The highest BCUT2D eigenvalue weighted by molar-refractivity contribution is 5.93. The molecule has 3 aromatic rings. The van der Waals surface area contributed by atoms with Crippen molar-refractivity contribution in [3.05, 3.63) is 51.5 Å². The second-order valence-electron chi connectivity index (χ2n) is 8.65. The van der Waals surface area contributed by atoms with Crippen LogP contribution in [-0.4, -0.2) is 61.3 Å². The fourth-order valence-corrected chi connectivity index (χ4v) is 4.08. The Morgan fingerprint density at radius 3 is 2.34 bits per heavy atom. The zero-order valence-corrected chi connectivity index (χ0v) is 19.9. The van der Waals surface area contributed by atoms with Crippen molar-refractivity contribution in [2.24, 2.45) is 0 Å². The van der Waals surface area contributed by atoms with E-state index in [1.54, 1.807) is 0 Å². The normalized spacial score (nSPS) is 16.1. The maximum absolute atomic E-state index is 13.8. The molecule has 0 bridgehead atoms. The van der Waals surface area contributed by atoms with Crippen molar-refractivity contribution in [1.82, 2.24) is 29.8 Å². The average Bonchev–Trinajstić information content (AvgIpc) is 2.82. The number of alkyl halides is 6. The van der Waals surface area contributed by atoms with Gasteiger partial charge in [0.2, 0.25) is 5.95 Å². The first kappa shape index (κ1) is 27.2. The van der Waals surface area contributed by atoms with Crippen molar-refractivity contribution in [3.63, 3.8) is 0 Å². The van der Waals surface area contributed by atoms with Crippen molar-refractivity contribution >= 4 is 22.9 Å². The highest BCUT2D eigenvalue weighted by Gasteiger charge is 2.37. The number of nitrogens with one attached hydrogen (secondary N) is 2. The molecule has 4 rings (SSSR count). The minimum atomic E-state index is -4.79. The molecule has 1 aliphatic rings. The molecular weight excluding hydrogens is 524 g/mol. The molecule has 0 radical (unpaired) electrons. The van der Waals surface area contributed by atoms with Crippen molar-refractivity contribution in [1.29, 1.82) is 0 Å². The molecule has 1 saturated heterocycles. The lowest BCUT2D eigenvalue weighted by atomic mass is 10.1. The van der Waals surface area contributed by atoms with E-state index in [1.165, 1.54) is 18.7 Å². The third-order valence-corrected chi connectivity index (χ3v) is 5.82. The minimum Gasteiger partial charge on any atom is -0.346 e. The van der Waals surface area contributed by atoms with Crippen LogP contribution in [0.4, 0.5) is 32.3 Å². The number of carbonyl (C=O) groups is 1. The van der Waals surface area contributed by atoms with E-state index >= 15 is 0 Å². The van der Waals surface area contributed by atoms with E-state index in [0.29, 0.717) is 0 Å². The number of rotatable bonds is 5. The number of anilines is 1. The fourth-order valence-electron chi connectivity index (χ4n) is 4.08. The summed E-state index contributed by atoms with van der Waals surface area (Å²) in [5.41, 5.74) is -2.68. The third kappa shape index (κ3) is 6.17. The summed E-state index contributed by atoms with van der Waals surface area (Å²) in [4.78, 5) is 44.4. The zero-order chi connectivity index (χ0) is 27.8. The molecule has 0 unspecified atom stereocenters. The largest absolute Gasteiger partial charge is 0.522 e. The molecule has 0 aromatic carbocycles. The number of fused-ring (bicyclic) bond motifs is 1. The van der Waals surface area contributed by atoms with E-state index in [9.17, 15) is 35.9 Å². The molecule has 0 spiro atoms. The van der Waals surface area contributed by atoms with Gasteiger partial charge >= 0.3 is 12.5 Å². The summed E-state index contributed by atoms with van der Waals surface area (Å²) in [6, 6.07) is -0.352. The molecule has 0 aliphatic carbocycles. The van der Waals surface area contributed by atoms with Gasteiger partial charge in [-0.25, -0.2) is 19.9 Å². The number of piperidine rings is 1. The number of H-pyrrole nitrogens is 1. The first-order chi connectivity index (χ1) is 17.7. The number of hydrogen-bond donors (Lipinski definition) is 2. The smallest absolute Gasteiger partial charge is 0.346 e. The van der Waals surface area contributed by atoms with Crippen molar-refractivity contribution in [2.75, 3.05) is 18.4 Å². The molecule has 1 fully saturated rings. The minimum absolute atomic E-state index is 0.00147. The van der Waals surface area contributed by atoms with Crippen LogP contribution in [0, 0.1) is 6.92 Å². The number of nitrogens with zero attached hydrogens (tertiary/aromatic N) is 5. The Balaban J connectivity index is 1.49. The Labute approximate surface area is 210 Å². The molecule has 204 valence electrons. The van der Waals surface area contributed by atoms with Crippen LogP contribution in [0.25, 0.3) is 11.0 Å². The van der Waals surface area contributed by atoms with E-state index in [2.05, 4.69) is 35.0 Å². The van der Waals surface area contributed by atoms with Crippen molar-refractivity contribution in [2.45, 2.75) is 51.4 Å². The second kappa shape index (κ2) is 10.2. The highest BCUT2D eigenvalue weighted by Crippen LogP contribution is 2.35. The maximum Gasteiger partial charge on any atom is 0.522 e. The number of aromatic amines is 1. The summed E-state index contributed by atoms with van der Waals surface area (Å²) < 4.78 is 82.5. The fraction of sp³-hybridized carbons (Fsp3) is 0.455.